The first-order chi connectivity index (χ1) is 11.0. The molecule has 0 aliphatic carbocycles. The topological polar surface area (TPSA) is 74.6 Å². The molecule has 1 amide bonds. The van der Waals surface area contributed by atoms with Crippen LogP contribution >= 0.6 is 0 Å². The van der Waals surface area contributed by atoms with Crippen LogP contribution < -0.4 is 14.8 Å². The summed E-state index contributed by atoms with van der Waals surface area (Å²) in [5.41, 5.74) is 0.714. The predicted octanol–water partition coefficient (Wildman–Crippen LogP) is 1.68. The zero-order valence-electron chi connectivity index (χ0n) is 14.0. The summed E-state index contributed by atoms with van der Waals surface area (Å²) < 4.78 is 10.4. The molecule has 1 rings (SSSR count). The first-order valence-electron chi connectivity index (χ1n) is 7.28. The highest BCUT2D eigenvalue weighted by Crippen LogP contribution is 2.24. The van der Waals surface area contributed by atoms with Crippen LogP contribution in [0.5, 0.6) is 11.5 Å². The van der Waals surface area contributed by atoms with Crippen molar-refractivity contribution < 1.29 is 14.3 Å². The van der Waals surface area contributed by atoms with Crippen molar-refractivity contribution in [2.45, 2.75) is 6.42 Å². The standard InChI is InChI=1S/C17H23N3O3/c1-20(2)7-5-6-19-17(21)14(12-18)8-13-9-15(22-3)11-16(10-13)23-4/h8-11H,5-7H2,1-4H3,(H,19,21). The van der Waals surface area contributed by atoms with E-state index in [9.17, 15) is 10.1 Å². The number of benzene rings is 1. The van der Waals surface area contributed by atoms with Gasteiger partial charge in [0.15, 0.2) is 0 Å². The molecule has 0 heterocycles. The maximum absolute atomic E-state index is 12.1. The number of rotatable bonds is 8. The molecule has 0 aliphatic heterocycles. The summed E-state index contributed by atoms with van der Waals surface area (Å²) in [5.74, 6) is 0.812. The van der Waals surface area contributed by atoms with E-state index < -0.39 is 0 Å². The van der Waals surface area contributed by atoms with E-state index in [4.69, 9.17) is 9.47 Å². The number of nitrogens with one attached hydrogen (secondary N) is 1. The number of carbonyl (C=O) groups excluding carboxylic acids is 1. The smallest absolute Gasteiger partial charge is 0.261 e. The Morgan fingerprint density at radius 2 is 1.87 bits per heavy atom. The third-order valence-electron chi connectivity index (χ3n) is 3.12. The SMILES string of the molecule is COc1cc(C=C(C#N)C(=O)NCCCN(C)C)cc(OC)c1. The van der Waals surface area contributed by atoms with Crippen LogP contribution in [0.25, 0.3) is 6.08 Å². The zero-order chi connectivity index (χ0) is 17.2. The predicted molar refractivity (Wildman–Crippen MR) is 89.3 cm³/mol. The molecule has 0 unspecified atom stereocenters. The van der Waals surface area contributed by atoms with Crippen LogP contribution in [-0.4, -0.2) is 52.2 Å². The van der Waals surface area contributed by atoms with Gasteiger partial charge >= 0.3 is 0 Å². The Hall–Kier alpha value is -2.52. The van der Waals surface area contributed by atoms with E-state index >= 15 is 0 Å². The van der Waals surface area contributed by atoms with Gasteiger partial charge in [-0.3, -0.25) is 4.79 Å². The molecule has 1 N–H and O–H groups in total. The Morgan fingerprint density at radius 1 is 1.26 bits per heavy atom. The number of amides is 1. The number of nitrogens with zero attached hydrogens (tertiary/aromatic N) is 2. The quantitative estimate of drug-likeness (QED) is 0.448. The highest BCUT2D eigenvalue weighted by molar-refractivity contribution is 6.01. The highest BCUT2D eigenvalue weighted by atomic mass is 16.5. The summed E-state index contributed by atoms with van der Waals surface area (Å²) in [4.78, 5) is 14.1. The molecular formula is C17H23N3O3. The van der Waals surface area contributed by atoms with Gasteiger partial charge in [-0.1, -0.05) is 0 Å². The minimum Gasteiger partial charge on any atom is -0.497 e. The Morgan fingerprint density at radius 3 is 2.35 bits per heavy atom. The number of nitriles is 1. The van der Waals surface area contributed by atoms with Crippen LogP contribution in [0.1, 0.15) is 12.0 Å². The normalized spacial score (nSPS) is 11.0. The fourth-order valence-electron chi connectivity index (χ4n) is 1.92. The van der Waals surface area contributed by atoms with Crippen molar-refractivity contribution in [1.82, 2.24) is 10.2 Å². The lowest BCUT2D eigenvalue weighted by Crippen LogP contribution is -2.27. The van der Waals surface area contributed by atoms with E-state index in [1.807, 2.05) is 25.1 Å². The summed E-state index contributed by atoms with van der Waals surface area (Å²) in [6.45, 7) is 1.40. The van der Waals surface area contributed by atoms with E-state index in [0.29, 0.717) is 23.6 Å². The van der Waals surface area contributed by atoms with Crippen molar-refractivity contribution >= 4 is 12.0 Å². The van der Waals surface area contributed by atoms with Gasteiger partial charge in [0.2, 0.25) is 0 Å². The summed E-state index contributed by atoms with van der Waals surface area (Å²) >= 11 is 0. The largest absolute Gasteiger partial charge is 0.497 e. The number of methoxy groups -OCH3 is 2. The van der Waals surface area contributed by atoms with Gasteiger partial charge in [0.1, 0.15) is 23.1 Å². The van der Waals surface area contributed by atoms with Gasteiger partial charge in [-0.25, -0.2) is 0 Å². The van der Waals surface area contributed by atoms with Gasteiger partial charge in [0.05, 0.1) is 14.2 Å². The second-order valence-corrected chi connectivity index (χ2v) is 5.23. The second-order valence-electron chi connectivity index (χ2n) is 5.23. The third kappa shape index (κ3) is 6.41. The molecule has 1 aromatic rings. The minimum absolute atomic E-state index is 0.0464. The summed E-state index contributed by atoms with van der Waals surface area (Å²) in [6, 6.07) is 7.13. The van der Waals surface area contributed by atoms with Crippen LogP contribution in [0, 0.1) is 11.3 Å². The van der Waals surface area contributed by atoms with E-state index in [-0.39, 0.29) is 11.5 Å². The fourth-order valence-corrected chi connectivity index (χ4v) is 1.92. The van der Waals surface area contributed by atoms with Crippen LogP contribution in [-0.2, 0) is 4.79 Å². The minimum atomic E-state index is -0.381. The highest BCUT2D eigenvalue weighted by Gasteiger charge is 2.09. The summed E-state index contributed by atoms with van der Waals surface area (Å²) in [7, 11) is 7.03. The van der Waals surface area contributed by atoms with Crippen LogP contribution in [0.4, 0.5) is 0 Å². The molecule has 124 valence electrons. The first kappa shape index (κ1) is 18.5. The van der Waals surface area contributed by atoms with E-state index in [1.165, 1.54) is 6.08 Å². The summed E-state index contributed by atoms with van der Waals surface area (Å²) in [5, 5.41) is 12.0. The number of hydrogen-bond donors (Lipinski definition) is 1. The van der Waals surface area contributed by atoms with E-state index in [0.717, 1.165) is 13.0 Å². The van der Waals surface area contributed by atoms with Crippen molar-refractivity contribution in [2.24, 2.45) is 0 Å². The Balaban J connectivity index is 2.82. The molecular weight excluding hydrogens is 294 g/mol. The fraction of sp³-hybridized carbons (Fsp3) is 0.412. The Bertz CT molecular complexity index is 581. The van der Waals surface area contributed by atoms with Gasteiger partial charge in [-0.05, 0) is 50.8 Å². The van der Waals surface area contributed by atoms with Gasteiger partial charge in [0.25, 0.3) is 5.91 Å². The number of carbonyl (C=O) groups is 1. The van der Waals surface area contributed by atoms with Gasteiger partial charge < -0.3 is 19.7 Å². The maximum Gasteiger partial charge on any atom is 0.261 e. The lowest BCUT2D eigenvalue weighted by atomic mass is 10.1. The molecule has 0 saturated carbocycles. The third-order valence-corrected chi connectivity index (χ3v) is 3.12. The van der Waals surface area contributed by atoms with E-state index in [2.05, 4.69) is 5.32 Å². The molecule has 1 aromatic carbocycles. The average molecular weight is 317 g/mol. The Labute approximate surface area is 137 Å². The lowest BCUT2D eigenvalue weighted by molar-refractivity contribution is -0.117. The molecule has 0 saturated heterocycles. The molecule has 0 fully saturated rings. The van der Waals surface area contributed by atoms with Gasteiger partial charge in [0, 0.05) is 12.6 Å². The molecule has 23 heavy (non-hydrogen) atoms. The van der Waals surface area contributed by atoms with Crippen molar-refractivity contribution in [1.29, 1.82) is 5.26 Å². The second kappa shape index (κ2) is 9.49. The molecule has 0 bridgehead atoms. The summed E-state index contributed by atoms with van der Waals surface area (Å²) in [6.07, 6.45) is 2.34. The van der Waals surface area contributed by atoms with E-state index in [1.54, 1.807) is 32.4 Å². The monoisotopic (exact) mass is 317 g/mol. The zero-order valence-corrected chi connectivity index (χ0v) is 14.0. The van der Waals surface area contributed by atoms with Crippen LogP contribution in [0.3, 0.4) is 0 Å². The first-order valence-corrected chi connectivity index (χ1v) is 7.28. The molecule has 0 radical (unpaired) electrons. The molecule has 6 heteroatoms. The van der Waals surface area contributed by atoms with Crippen LogP contribution in [0.15, 0.2) is 23.8 Å². The molecule has 0 aromatic heterocycles. The molecule has 0 spiro atoms. The molecule has 0 atom stereocenters. The average Bonchev–Trinajstić information content (AvgIpc) is 2.55. The molecule has 0 aliphatic rings. The maximum atomic E-state index is 12.1. The van der Waals surface area contributed by atoms with Crippen molar-refractivity contribution in [3.63, 3.8) is 0 Å². The van der Waals surface area contributed by atoms with Crippen molar-refractivity contribution in [3.8, 4) is 17.6 Å². The number of ether oxygens (including phenoxy) is 2. The molecule has 6 nitrogen and oxygen atoms in total. The van der Waals surface area contributed by atoms with Crippen LogP contribution in [0.2, 0.25) is 0 Å². The lowest BCUT2D eigenvalue weighted by Gasteiger charge is -2.09. The van der Waals surface area contributed by atoms with Gasteiger partial charge in [-0.15, -0.1) is 0 Å². The number of hydrogen-bond acceptors (Lipinski definition) is 5. The Kier molecular flexibility index (Phi) is 7.64. The van der Waals surface area contributed by atoms with Crippen molar-refractivity contribution in [3.05, 3.63) is 29.3 Å². The van der Waals surface area contributed by atoms with Gasteiger partial charge in [-0.2, -0.15) is 5.26 Å². The van der Waals surface area contributed by atoms with Crippen molar-refractivity contribution in [2.75, 3.05) is 41.4 Å².